The van der Waals surface area contributed by atoms with E-state index in [1.165, 1.54) is 5.56 Å². The fraction of sp³-hybridized carbons (Fsp3) is 0.444. The van der Waals surface area contributed by atoms with Crippen LogP contribution in [0.25, 0.3) is 5.69 Å². The van der Waals surface area contributed by atoms with Gasteiger partial charge in [-0.2, -0.15) is 0 Å². The molecule has 2 rings (SSSR count). The second-order valence-electron chi connectivity index (χ2n) is 6.17. The van der Waals surface area contributed by atoms with Gasteiger partial charge in [0.2, 0.25) is 0 Å². The smallest absolute Gasteiger partial charge is 0.354 e. The fourth-order valence-electron chi connectivity index (χ4n) is 2.47. The quantitative estimate of drug-likeness (QED) is 0.729. The van der Waals surface area contributed by atoms with Crippen LogP contribution in [-0.2, 0) is 17.8 Å². The molecule has 0 aliphatic carbocycles. The van der Waals surface area contributed by atoms with Crippen LogP contribution in [0.5, 0.6) is 0 Å². The average molecular weight is 330 g/mol. The SMILES string of the molecule is CCCNC(=O)ONCc1cc(CC(C)C)ccc1-n1ccnc1. The lowest BCUT2D eigenvalue weighted by Gasteiger charge is -2.14. The number of rotatable bonds is 8. The van der Waals surface area contributed by atoms with Gasteiger partial charge in [-0.05, 0) is 36.0 Å². The monoisotopic (exact) mass is 330 g/mol. The molecule has 0 saturated heterocycles. The van der Waals surface area contributed by atoms with E-state index in [-0.39, 0.29) is 0 Å². The van der Waals surface area contributed by atoms with Crippen LogP contribution in [-0.4, -0.2) is 22.2 Å². The van der Waals surface area contributed by atoms with Crippen molar-refractivity contribution in [2.24, 2.45) is 5.92 Å². The molecule has 0 radical (unpaired) electrons. The lowest BCUT2D eigenvalue weighted by atomic mass is 10.00. The molecule has 130 valence electrons. The van der Waals surface area contributed by atoms with E-state index in [2.05, 4.69) is 47.8 Å². The summed E-state index contributed by atoms with van der Waals surface area (Å²) < 4.78 is 1.95. The van der Waals surface area contributed by atoms with Gasteiger partial charge in [-0.3, -0.25) is 0 Å². The zero-order valence-electron chi connectivity index (χ0n) is 14.6. The molecule has 24 heavy (non-hydrogen) atoms. The van der Waals surface area contributed by atoms with Crippen LogP contribution in [0.15, 0.2) is 36.9 Å². The second kappa shape index (κ2) is 9.08. The van der Waals surface area contributed by atoms with Gasteiger partial charge in [0.05, 0.1) is 18.6 Å². The lowest BCUT2D eigenvalue weighted by Crippen LogP contribution is -2.30. The van der Waals surface area contributed by atoms with Gasteiger partial charge in [0.25, 0.3) is 0 Å². The summed E-state index contributed by atoms with van der Waals surface area (Å²) in [7, 11) is 0. The fourth-order valence-corrected chi connectivity index (χ4v) is 2.47. The van der Waals surface area contributed by atoms with E-state index >= 15 is 0 Å². The number of aromatic nitrogens is 2. The molecule has 6 heteroatoms. The minimum Gasteiger partial charge on any atom is -0.354 e. The van der Waals surface area contributed by atoms with Gasteiger partial charge in [0, 0.05) is 18.9 Å². The first kappa shape index (κ1) is 18.0. The Labute approximate surface area is 143 Å². The van der Waals surface area contributed by atoms with Gasteiger partial charge in [0.15, 0.2) is 0 Å². The number of nitrogens with one attached hydrogen (secondary N) is 2. The lowest BCUT2D eigenvalue weighted by molar-refractivity contribution is 0.0864. The summed E-state index contributed by atoms with van der Waals surface area (Å²) in [6.45, 7) is 7.42. The topological polar surface area (TPSA) is 68.2 Å². The number of hydrogen-bond donors (Lipinski definition) is 2. The Hall–Kier alpha value is -2.34. The number of hydrogen-bond acceptors (Lipinski definition) is 4. The van der Waals surface area contributed by atoms with Gasteiger partial charge < -0.3 is 14.7 Å². The molecule has 0 unspecified atom stereocenters. The molecule has 0 spiro atoms. The number of amides is 1. The number of carbonyl (C=O) groups is 1. The number of nitrogens with zero attached hydrogens (tertiary/aromatic N) is 2. The molecule has 1 aromatic carbocycles. The van der Waals surface area contributed by atoms with Crippen LogP contribution < -0.4 is 10.8 Å². The Balaban J connectivity index is 2.08. The Kier molecular flexibility index (Phi) is 6.81. The highest BCUT2D eigenvalue weighted by Gasteiger charge is 2.08. The van der Waals surface area contributed by atoms with Crippen LogP contribution in [0.2, 0.25) is 0 Å². The van der Waals surface area contributed by atoms with Gasteiger partial charge in [-0.25, -0.2) is 9.78 Å². The number of imidazole rings is 1. The van der Waals surface area contributed by atoms with E-state index in [0.29, 0.717) is 19.0 Å². The third kappa shape index (κ3) is 5.38. The Morgan fingerprint density at radius 1 is 1.38 bits per heavy atom. The van der Waals surface area contributed by atoms with Gasteiger partial charge in [-0.15, -0.1) is 5.48 Å². The molecule has 0 aliphatic rings. The molecule has 0 fully saturated rings. The summed E-state index contributed by atoms with van der Waals surface area (Å²) in [5.74, 6) is 0.584. The molecule has 0 atom stereocenters. The van der Waals surface area contributed by atoms with E-state index in [1.54, 1.807) is 12.5 Å². The molecule has 1 amide bonds. The highest BCUT2D eigenvalue weighted by molar-refractivity contribution is 5.66. The third-order valence-electron chi connectivity index (χ3n) is 3.52. The average Bonchev–Trinajstić information content (AvgIpc) is 3.07. The highest BCUT2D eigenvalue weighted by atomic mass is 16.7. The first-order valence-electron chi connectivity index (χ1n) is 8.37. The first-order valence-corrected chi connectivity index (χ1v) is 8.37. The van der Waals surface area contributed by atoms with Gasteiger partial charge >= 0.3 is 6.09 Å². The van der Waals surface area contributed by atoms with E-state index in [9.17, 15) is 4.79 Å². The molecule has 0 aliphatic heterocycles. The third-order valence-corrected chi connectivity index (χ3v) is 3.52. The van der Waals surface area contributed by atoms with Crippen molar-refractivity contribution in [3.63, 3.8) is 0 Å². The summed E-state index contributed by atoms with van der Waals surface area (Å²) in [5.41, 5.74) is 6.08. The second-order valence-corrected chi connectivity index (χ2v) is 6.17. The molecule has 2 N–H and O–H groups in total. The van der Waals surface area contributed by atoms with Crippen molar-refractivity contribution in [2.75, 3.05) is 6.54 Å². The number of hydroxylamine groups is 1. The maximum atomic E-state index is 11.5. The normalized spacial score (nSPS) is 10.8. The van der Waals surface area contributed by atoms with Crippen molar-refractivity contribution in [3.05, 3.63) is 48.0 Å². The van der Waals surface area contributed by atoms with E-state index in [1.807, 2.05) is 17.7 Å². The van der Waals surface area contributed by atoms with Crippen LogP contribution in [0.1, 0.15) is 38.3 Å². The summed E-state index contributed by atoms with van der Waals surface area (Å²) >= 11 is 0. The predicted octanol–water partition coefficient (Wildman–Crippen LogP) is 3.21. The molecule has 2 aromatic rings. The van der Waals surface area contributed by atoms with E-state index in [4.69, 9.17) is 4.84 Å². The van der Waals surface area contributed by atoms with Crippen molar-refractivity contribution >= 4 is 6.09 Å². The predicted molar refractivity (Wildman–Crippen MR) is 93.7 cm³/mol. The summed E-state index contributed by atoms with van der Waals surface area (Å²) in [5, 5.41) is 2.66. The van der Waals surface area contributed by atoms with Crippen LogP contribution in [0, 0.1) is 5.92 Å². The Morgan fingerprint density at radius 2 is 2.21 bits per heavy atom. The van der Waals surface area contributed by atoms with E-state index in [0.717, 1.165) is 24.1 Å². The zero-order valence-corrected chi connectivity index (χ0v) is 14.6. The minimum absolute atomic E-state index is 0.430. The Bertz CT molecular complexity index is 638. The molecular formula is C18H26N4O2. The minimum atomic E-state index is -0.459. The van der Waals surface area contributed by atoms with Crippen molar-refractivity contribution in [2.45, 2.75) is 40.2 Å². The summed E-state index contributed by atoms with van der Waals surface area (Å²) in [6.07, 6.45) is 6.82. The summed E-state index contributed by atoms with van der Waals surface area (Å²) in [4.78, 5) is 20.6. The maximum absolute atomic E-state index is 11.5. The van der Waals surface area contributed by atoms with Crippen molar-refractivity contribution in [3.8, 4) is 5.69 Å². The van der Waals surface area contributed by atoms with Crippen molar-refractivity contribution in [1.82, 2.24) is 20.3 Å². The van der Waals surface area contributed by atoms with Crippen LogP contribution >= 0.6 is 0 Å². The van der Waals surface area contributed by atoms with Gasteiger partial charge in [-0.1, -0.05) is 32.9 Å². The van der Waals surface area contributed by atoms with Crippen molar-refractivity contribution < 1.29 is 9.63 Å². The standard InChI is InChI=1S/C18H26N4O2/c1-4-7-20-18(23)24-21-12-16-11-15(10-14(2)3)5-6-17(16)22-9-8-19-13-22/h5-6,8-9,11,13-14,21H,4,7,10,12H2,1-3H3,(H,20,23). The molecular weight excluding hydrogens is 304 g/mol. The van der Waals surface area contributed by atoms with Crippen LogP contribution in [0.4, 0.5) is 4.79 Å². The zero-order chi connectivity index (χ0) is 17.4. The molecule has 1 heterocycles. The molecule has 6 nitrogen and oxygen atoms in total. The molecule has 0 bridgehead atoms. The van der Waals surface area contributed by atoms with E-state index < -0.39 is 6.09 Å². The number of carbonyl (C=O) groups excluding carboxylic acids is 1. The maximum Gasteiger partial charge on any atom is 0.426 e. The summed E-state index contributed by atoms with van der Waals surface area (Å²) in [6, 6.07) is 6.36. The largest absolute Gasteiger partial charge is 0.426 e. The first-order chi connectivity index (χ1) is 11.6. The van der Waals surface area contributed by atoms with Gasteiger partial charge in [0.1, 0.15) is 0 Å². The van der Waals surface area contributed by atoms with Crippen LogP contribution in [0.3, 0.4) is 0 Å². The number of benzene rings is 1. The molecule has 0 saturated carbocycles. The van der Waals surface area contributed by atoms with Crippen molar-refractivity contribution in [1.29, 1.82) is 0 Å². The Morgan fingerprint density at radius 3 is 2.88 bits per heavy atom. The molecule has 1 aromatic heterocycles. The highest BCUT2D eigenvalue weighted by Crippen LogP contribution is 2.19.